The monoisotopic (exact) mass is 1380 g/mol. The van der Waals surface area contributed by atoms with E-state index < -0.39 is 261 Å². The zero-order chi connectivity index (χ0) is 95.5. The van der Waals surface area contributed by atoms with Gasteiger partial charge in [-0.3, -0.25) is 19.2 Å². The summed E-state index contributed by atoms with van der Waals surface area (Å²) in [5.74, 6) is -6.02. The SMILES string of the molecule is [2H]C([2H])(Sc1nc(=O)c2c(n1CC(=O)N(CCN(CC)CC)C([2H])([2H])c1ccc(-c3ccc(C(F)(F)F)cc3)cc1)CCC2)c1ccc(F)cc1.[2H]c1c([2H])c(CSc2nc(=O)c3c(n2CC(=O)N(C([2H])([2H])c2c([2H])c([2H])c(-c4c([2H])c([2H])c(C(F)(F)F)c(C)c4[2H])c([2H])c2[2H])C([2H])([2H])C([2H])([2H])N(C([2H])([2H])C)C([2H])([2H])C)C([2H])([2H])C([2H])([2H])C3([2H])[2H])c([2H])c([2H])c1F. The van der Waals surface area contributed by atoms with Crippen LogP contribution in [0.25, 0.3) is 22.3 Å². The van der Waals surface area contributed by atoms with Crippen molar-refractivity contribution in [3.8, 4) is 22.3 Å². The van der Waals surface area contributed by atoms with Crippen molar-refractivity contribution in [2.75, 3.05) is 52.2 Å². The highest BCUT2D eigenvalue weighted by Gasteiger charge is 2.33. The van der Waals surface area contributed by atoms with Gasteiger partial charge in [0.05, 0.1) is 34.4 Å². The molecule has 6 aromatic carbocycles. The number of amides is 2. The van der Waals surface area contributed by atoms with Gasteiger partial charge in [-0.05, 0) is 164 Å². The Hall–Kier alpha value is -7.92. The molecular formula is C73H78F8N8O4S2. The molecule has 12 nitrogen and oxygen atoms in total. The minimum absolute atomic E-state index is 0.00285. The number of alkyl halides is 6. The lowest BCUT2D eigenvalue weighted by Crippen LogP contribution is -2.40. The van der Waals surface area contributed by atoms with Crippen molar-refractivity contribution in [2.45, 2.75) is 133 Å². The molecule has 10 rings (SSSR count). The first-order valence-electron chi connectivity index (χ1n) is 44.4. The summed E-state index contributed by atoms with van der Waals surface area (Å²) in [5.41, 5.74) is -13.3. The Morgan fingerprint density at radius 2 is 1.15 bits per heavy atom. The largest absolute Gasteiger partial charge is 0.416 e. The fourth-order valence-corrected chi connectivity index (χ4v) is 11.0. The van der Waals surface area contributed by atoms with E-state index in [1.807, 2.05) is 18.7 Å². The molecule has 0 radical (unpaired) electrons. The molecule has 0 spiro atoms. The van der Waals surface area contributed by atoms with Gasteiger partial charge in [0.2, 0.25) is 11.8 Å². The van der Waals surface area contributed by atoms with E-state index in [1.54, 1.807) is 12.1 Å². The van der Waals surface area contributed by atoms with Crippen LogP contribution in [0, 0.1) is 18.6 Å². The van der Waals surface area contributed by atoms with Gasteiger partial charge in [-0.25, -0.2) is 8.78 Å². The van der Waals surface area contributed by atoms with Gasteiger partial charge in [0.1, 0.15) is 24.7 Å². The van der Waals surface area contributed by atoms with Gasteiger partial charge in [0.25, 0.3) is 11.1 Å². The molecule has 2 amide bonds. The van der Waals surface area contributed by atoms with Crippen molar-refractivity contribution in [2.24, 2.45) is 0 Å². The number of benzene rings is 6. The van der Waals surface area contributed by atoms with Crippen molar-refractivity contribution >= 4 is 35.3 Å². The zero-order valence-electron chi connectivity index (χ0n) is 82.1. The highest BCUT2D eigenvalue weighted by atomic mass is 32.2. The Morgan fingerprint density at radius 3 is 1.77 bits per heavy atom. The number of thioether (sulfide) groups is 2. The molecule has 2 heterocycles. The van der Waals surface area contributed by atoms with Gasteiger partial charge in [-0.2, -0.15) is 36.3 Å². The molecule has 502 valence electrons. The van der Waals surface area contributed by atoms with E-state index in [4.69, 9.17) is 34.3 Å². The van der Waals surface area contributed by atoms with Crippen LogP contribution in [0.3, 0.4) is 0 Å². The number of carbonyl (C=O) groups is 2. The van der Waals surface area contributed by atoms with Crippen LogP contribution in [0.4, 0.5) is 35.1 Å². The van der Waals surface area contributed by atoms with Crippen molar-refractivity contribution < 1.29 is 87.2 Å². The van der Waals surface area contributed by atoms with Crippen LogP contribution in [-0.4, -0.2) is 103 Å². The normalized spacial score (nSPS) is 20.2. The number of likely N-dealkylation sites (N-methyl/N-ethyl adjacent to an activating group) is 2. The molecule has 22 heteroatoms. The molecule has 8 aromatic rings. The van der Waals surface area contributed by atoms with Crippen LogP contribution >= 0.6 is 23.5 Å². The Bertz CT molecular complexity index is 5600. The van der Waals surface area contributed by atoms with Gasteiger partial charge in [0.15, 0.2) is 10.3 Å². The molecule has 0 bridgehead atoms. The van der Waals surface area contributed by atoms with Gasteiger partial charge in [-0.15, -0.1) is 0 Å². The van der Waals surface area contributed by atoms with Crippen molar-refractivity contribution in [3.63, 3.8) is 0 Å². The number of nitrogens with zero attached hydrogens (tertiary/aromatic N) is 8. The maximum atomic E-state index is 15.3. The number of hydrogen-bond donors (Lipinski definition) is 0. The van der Waals surface area contributed by atoms with Crippen LogP contribution in [0.1, 0.15) is 144 Å². The van der Waals surface area contributed by atoms with Gasteiger partial charge >= 0.3 is 12.4 Å². The number of aromatic nitrogens is 4. The Balaban J connectivity index is 0.000000306. The van der Waals surface area contributed by atoms with Gasteiger partial charge in [0, 0.05) is 92.2 Å². The average Bonchev–Trinajstić information content (AvgIpc) is 1.52. The molecule has 2 aliphatic rings. The second-order valence-electron chi connectivity index (χ2n) is 20.4. The number of hydrogen-bond acceptors (Lipinski definition) is 10. The van der Waals surface area contributed by atoms with E-state index in [2.05, 4.69) is 9.97 Å². The van der Waals surface area contributed by atoms with Crippen LogP contribution in [-0.2, 0) is 85.1 Å². The Kier molecular flexibility index (Phi) is 14.0. The van der Waals surface area contributed by atoms with Crippen molar-refractivity contribution in [1.82, 2.24) is 38.7 Å². The van der Waals surface area contributed by atoms with Crippen molar-refractivity contribution in [1.29, 1.82) is 0 Å². The van der Waals surface area contributed by atoms with Crippen molar-refractivity contribution in [3.05, 3.63) is 233 Å². The first-order valence-corrected chi connectivity index (χ1v) is 30.7. The predicted molar refractivity (Wildman–Crippen MR) is 358 cm³/mol. The van der Waals surface area contributed by atoms with Gasteiger partial charge in [-0.1, -0.05) is 148 Å². The third kappa shape index (κ3) is 19.0. The number of halogens is 8. The standard InChI is InChI=1S/C37H40F4N4O2S.C36H38F4N4O2S/c1-4-43(5-2)19-20-44(22-26-9-13-28(14-10-26)29-15-18-32(25(3)21-29)37(39,40)41)34(46)23-45-33-8-6-7-31(33)35(47)42-36(45)48-24-27-11-16-30(38)17-12-27;1-3-42(4-2)20-21-43(22-25-8-12-27(13-9-25)28-14-16-29(17-15-28)36(38,39)40)33(45)23-44-32-7-5-6-31(32)34(46)41-35(44)47-24-26-10-18-30(37)19-11-26/h9-18,21H,4-8,19-20,22-24H2,1-3H3;8-19H,3-7,20-24H2,1-2H3/i4D2,5D2,6D2,7D2,8D2,9D,10D,11D,12D,13D,14D,15D,16D,17D,18D,19D2,20D2,21D,22D2;22D2,24D2. The quantitative estimate of drug-likeness (QED) is 0.0295. The summed E-state index contributed by atoms with van der Waals surface area (Å²) in [6.07, 6.45) is -19.6. The first-order chi connectivity index (χ1) is 57.5. The fourth-order valence-electron chi connectivity index (χ4n) is 9.35. The highest BCUT2D eigenvalue weighted by Crippen LogP contribution is 2.36. The molecule has 0 saturated heterocycles. The Morgan fingerprint density at radius 1 is 0.579 bits per heavy atom. The van der Waals surface area contributed by atoms with Crippen LogP contribution in [0.5, 0.6) is 0 Å². The van der Waals surface area contributed by atoms with Crippen LogP contribution < -0.4 is 11.1 Å². The summed E-state index contributed by atoms with van der Waals surface area (Å²) in [6.45, 7) is -17.7. The molecule has 95 heavy (non-hydrogen) atoms. The molecule has 0 aliphatic heterocycles. The molecule has 0 atom stereocenters. The lowest BCUT2D eigenvalue weighted by atomic mass is 9.98. The number of rotatable bonds is 26. The van der Waals surface area contributed by atoms with E-state index >= 15 is 4.79 Å². The summed E-state index contributed by atoms with van der Waals surface area (Å²) in [6, 6.07) is 0.438. The summed E-state index contributed by atoms with van der Waals surface area (Å²) in [4.78, 5) is 66.0. The van der Waals surface area contributed by atoms with E-state index in [1.165, 1.54) is 41.0 Å². The summed E-state index contributed by atoms with van der Waals surface area (Å²) >= 11 is 0.709. The number of fused-ring (bicyclic) bond motifs is 2. The zero-order valence-corrected chi connectivity index (χ0v) is 52.7. The minimum Gasteiger partial charge on any atom is -0.336 e. The first kappa shape index (κ1) is 40.6. The lowest BCUT2D eigenvalue weighted by molar-refractivity contribution is -0.138. The van der Waals surface area contributed by atoms with E-state index in [0.717, 1.165) is 29.2 Å². The average molecular weight is 1380 g/mol. The summed E-state index contributed by atoms with van der Waals surface area (Å²) in [5, 5.41) is -1.12. The third-order valence-electron chi connectivity index (χ3n) is 14.3. The van der Waals surface area contributed by atoms with Crippen LogP contribution in [0.2, 0.25) is 0 Å². The second kappa shape index (κ2) is 32.7. The molecule has 0 N–H and O–H groups in total. The molecule has 2 aromatic heterocycles. The van der Waals surface area contributed by atoms with E-state index in [-0.39, 0.29) is 39.2 Å². The third-order valence-corrected chi connectivity index (χ3v) is 16.1. The molecule has 0 fully saturated rings. The predicted octanol–water partition coefficient (Wildman–Crippen LogP) is 14.7. The smallest absolute Gasteiger partial charge is 0.336 e. The summed E-state index contributed by atoms with van der Waals surface area (Å²) in [7, 11) is 0. The molecular weight excluding hydrogens is 1270 g/mol. The fraction of sp³-hybridized carbons (Fsp3) is 0.370. The maximum absolute atomic E-state index is 15.3. The molecule has 0 unspecified atom stereocenters. The lowest BCUT2D eigenvalue weighted by Gasteiger charge is -2.28. The number of carbonyl (C=O) groups excluding carboxylic acids is 2. The Labute approximate surface area is 601 Å². The second-order valence-corrected chi connectivity index (χ2v) is 22.1. The summed E-state index contributed by atoms with van der Waals surface area (Å²) < 4.78 is 380. The van der Waals surface area contributed by atoms with E-state index in [9.17, 15) is 57.7 Å². The highest BCUT2D eigenvalue weighted by molar-refractivity contribution is 7.98. The molecule has 0 saturated carbocycles. The maximum Gasteiger partial charge on any atom is 0.416 e. The van der Waals surface area contributed by atoms with Gasteiger partial charge < -0.3 is 28.7 Å². The minimum atomic E-state index is -5.34. The topological polar surface area (TPSA) is 117 Å². The van der Waals surface area contributed by atoms with Crippen LogP contribution in [0.15, 0.2) is 159 Å². The van der Waals surface area contributed by atoms with E-state index in [0.29, 0.717) is 93.8 Å². The molecule has 2 aliphatic carbocycles.